The summed E-state index contributed by atoms with van der Waals surface area (Å²) in [7, 11) is 1.54. The highest BCUT2D eigenvalue weighted by molar-refractivity contribution is 6.02. The Bertz CT molecular complexity index is 597. The van der Waals surface area contributed by atoms with Gasteiger partial charge in [0.2, 0.25) is 0 Å². The molecule has 2 rings (SSSR count). The summed E-state index contributed by atoms with van der Waals surface area (Å²) in [4.78, 5) is 12.0. The quantitative estimate of drug-likeness (QED) is 0.800. The largest absolute Gasteiger partial charge is 0.492 e. The van der Waals surface area contributed by atoms with Crippen LogP contribution in [0.25, 0.3) is 0 Å². The van der Waals surface area contributed by atoms with E-state index in [1.807, 2.05) is 0 Å². The molecule has 0 bridgehead atoms. The number of carbonyl (C=O) groups excluding carboxylic acids is 1. The predicted octanol–water partition coefficient (Wildman–Crippen LogP) is 1.41. The van der Waals surface area contributed by atoms with E-state index in [-0.39, 0.29) is 18.2 Å². The summed E-state index contributed by atoms with van der Waals surface area (Å²) in [6, 6.07) is 8.57. The van der Waals surface area contributed by atoms with Gasteiger partial charge in [-0.05, 0) is 12.1 Å². The SMILES string of the molecule is COCc1cc(C(=O)Nc2cccc(OCCN)c2)no1. The molecule has 3 N–H and O–H groups in total. The molecule has 7 heteroatoms. The monoisotopic (exact) mass is 291 g/mol. The van der Waals surface area contributed by atoms with Crippen LogP contribution < -0.4 is 15.8 Å². The van der Waals surface area contributed by atoms with Gasteiger partial charge in [0.25, 0.3) is 5.91 Å². The zero-order chi connectivity index (χ0) is 15.1. The number of nitrogens with zero attached hydrogens (tertiary/aromatic N) is 1. The number of hydrogen-bond donors (Lipinski definition) is 2. The number of rotatable bonds is 7. The van der Waals surface area contributed by atoms with Gasteiger partial charge < -0.3 is 25.0 Å². The Morgan fingerprint density at radius 3 is 3.05 bits per heavy atom. The van der Waals surface area contributed by atoms with Crippen molar-refractivity contribution in [2.75, 3.05) is 25.6 Å². The highest BCUT2D eigenvalue weighted by Gasteiger charge is 2.13. The van der Waals surface area contributed by atoms with Crippen molar-refractivity contribution in [2.45, 2.75) is 6.61 Å². The van der Waals surface area contributed by atoms with Gasteiger partial charge in [-0.2, -0.15) is 0 Å². The lowest BCUT2D eigenvalue weighted by Gasteiger charge is -2.07. The number of carbonyl (C=O) groups is 1. The molecule has 1 heterocycles. The number of ether oxygens (including phenoxy) is 2. The number of benzene rings is 1. The average Bonchev–Trinajstić information content (AvgIpc) is 2.95. The number of methoxy groups -OCH3 is 1. The number of hydrogen-bond acceptors (Lipinski definition) is 6. The Labute approximate surface area is 122 Å². The molecule has 1 aromatic carbocycles. The maximum absolute atomic E-state index is 12.0. The molecule has 1 aromatic heterocycles. The van der Waals surface area contributed by atoms with Crippen molar-refractivity contribution in [3.63, 3.8) is 0 Å². The minimum Gasteiger partial charge on any atom is -0.492 e. The lowest BCUT2D eigenvalue weighted by molar-refractivity contribution is 0.101. The summed E-state index contributed by atoms with van der Waals surface area (Å²) in [6.07, 6.45) is 0. The molecule has 0 atom stereocenters. The van der Waals surface area contributed by atoms with Crippen LogP contribution in [0.5, 0.6) is 5.75 Å². The number of nitrogens with two attached hydrogens (primary N) is 1. The third kappa shape index (κ3) is 4.30. The van der Waals surface area contributed by atoms with Gasteiger partial charge in [-0.15, -0.1) is 0 Å². The number of amides is 1. The van der Waals surface area contributed by atoms with Gasteiger partial charge in [-0.25, -0.2) is 0 Å². The second-order valence-corrected chi connectivity index (χ2v) is 4.23. The zero-order valence-electron chi connectivity index (χ0n) is 11.7. The highest BCUT2D eigenvalue weighted by Crippen LogP contribution is 2.18. The molecule has 7 nitrogen and oxygen atoms in total. The van der Waals surface area contributed by atoms with Gasteiger partial charge in [-0.1, -0.05) is 11.2 Å². The number of anilines is 1. The van der Waals surface area contributed by atoms with Crippen molar-refractivity contribution >= 4 is 11.6 Å². The second-order valence-electron chi connectivity index (χ2n) is 4.23. The van der Waals surface area contributed by atoms with Gasteiger partial charge in [0, 0.05) is 31.5 Å². The first-order chi connectivity index (χ1) is 10.2. The van der Waals surface area contributed by atoms with E-state index in [4.69, 9.17) is 19.7 Å². The van der Waals surface area contributed by atoms with Crippen molar-refractivity contribution in [2.24, 2.45) is 5.73 Å². The molecule has 1 amide bonds. The fourth-order valence-electron chi connectivity index (χ4n) is 1.67. The molecule has 112 valence electrons. The van der Waals surface area contributed by atoms with E-state index in [0.717, 1.165) is 0 Å². The minimum atomic E-state index is -0.364. The van der Waals surface area contributed by atoms with Gasteiger partial charge >= 0.3 is 0 Å². The zero-order valence-corrected chi connectivity index (χ0v) is 11.7. The minimum absolute atomic E-state index is 0.190. The van der Waals surface area contributed by atoms with Crippen LogP contribution in [-0.4, -0.2) is 31.3 Å². The van der Waals surface area contributed by atoms with Crippen LogP contribution in [0.15, 0.2) is 34.9 Å². The summed E-state index contributed by atoms with van der Waals surface area (Å²) in [5.74, 6) is 0.762. The molecular formula is C14H17N3O4. The van der Waals surface area contributed by atoms with Crippen molar-refractivity contribution in [3.05, 3.63) is 41.8 Å². The van der Waals surface area contributed by atoms with Crippen LogP contribution in [-0.2, 0) is 11.3 Å². The lowest BCUT2D eigenvalue weighted by Crippen LogP contribution is -2.13. The highest BCUT2D eigenvalue weighted by atomic mass is 16.5. The van der Waals surface area contributed by atoms with E-state index in [2.05, 4.69) is 10.5 Å². The van der Waals surface area contributed by atoms with Crippen LogP contribution >= 0.6 is 0 Å². The fraction of sp³-hybridized carbons (Fsp3) is 0.286. The third-order valence-corrected chi connectivity index (χ3v) is 2.56. The molecular weight excluding hydrogens is 274 g/mol. The maximum Gasteiger partial charge on any atom is 0.277 e. The van der Waals surface area contributed by atoms with Crippen molar-refractivity contribution in [3.8, 4) is 5.75 Å². The normalized spacial score (nSPS) is 10.4. The molecule has 0 fully saturated rings. The first-order valence-electron chi connectivity index (χ1n) is 6.41. The van der Waals surface area contributed by atoms with Gasteiger partial charge in [-0.3, -0.25) is 4.79 Å². The van der Waals surface area contributed by atoms with E-state index in [9.17, 15) is 4.79 Å². The Hall–Kier alpha value is -2.38. The second kappa shape index (κ2) is 7.41. The fourth-order valence-corrected chi connectivity index (χ4v) is 1.67. The molecule has 0 saturated heterocycles. The number of aromatic nitrogens is 1. The van der Waals surface area contributed by atoms with Crippen molar-refractivity contribution in [1.29, 1.82) is 0 Å². The molecule has 0 spiro atoms. The Kier molecular flexibility index (Phi) is 5.30. The van der Waals surface area contributed by atoms with E-state index in [1.54, 1.807) is 24.3 Å². The summed E-state index contributed by atoms with van der Waals surface area (Å²) in [5.41, 5.74) is 6.17. The van der Waals surface area contributed by atoms with E-state index in [0.29, 0.717) is 30.3 Å². The van der Waals surface area contributed by atoms with Crippen LogP contribution in [0.1, 0.15) is 16.2 Å². The van der Waals surface area contributed by atoms with Crippen LogP contribution in [0.3, 0.4) is 0 Å². The van der Waals surface area contributed by atoms with Gasteiger partial charge in [0.15, 0.2) is 11.5 Å². The van der Waals surface area contributed by atoms with Crippen LogP contribution in [0, 0.1) is 0 Å². The van der Waals surface area contributed by atoms with Crippen molar-refractivity contribution < 1.29 is 18.8 Å². The molecule has 0 radical (unpaired) electrons. The summed E-state index contributed by atoms with van der Waals surface area (Å²) >= 11 is 0. The summed E-state index contributed by atoms with van der Waals surface area (Å²) < 4.78 is 15.3. The molecule has 0 saturated carbocycles. The average molecular weight is 291 g/mol. The van der Waals surface area contributed by atoms with E-state index in [1.165, 1.54) is 13.2 Å². The van der Waals surface area contributed by atoms with Crippen LogP contribution in [0.4, 0.5) is 5.69 Å². The molecule has 2 aromatic rings. The van der Waals surface area contributed by atoms with Gasteiger partial charge in [0.1, 0.15) is 19.0 Å². The Balaban J connectivity index is 2.01. The summed E-state index contributed by atoms with van der Waals surface area (Å²) in [6.45, 7) is 1.11. The Morgan fingerprint density at radius 1 is 1.43 bits per heavy atom. The topological polar surface area (TPSA) is 99.6 Å². The van der Waals surface area contributed by atoms with E-state index >= 15 is 0 Å². The van der Waals surface area contributed by atoms with Crippen LogP contribution in [0.2, 0.25) is 0 Å². The van der Waals surface area contributed by atoms with Crippen molar-refractivity contribution in [1.82, 2.24) is 5.16 Å². The van der Waals surface area contributed by atoms with Gasteiger partial charge in [0.05, 0.1) is 0 Å². The maximum atomic E-state index is 12.0. The predicted molar refractivity (Wildman–Crippen MR) is 76.2 cm³/mol. The first kappa shape index (κ1) is 15.0. The Morgan fingerprint density at radius 2 is 2.29 bits per heavy atom. The summed E-state index contributed by atoms with van der Waals surface area (Å²) in [5, 5.41) is 6.41. The molecule has 0 aliphatic carbocycles. The smallest absolute Gasteiger partial charge is 0.277 e. The molecule has 0 aliphatic heterocycles. The molecule has 0 unspecified atom stereocenters. The number of nitrogens with one attached hydrogen (secondary N) is 1. The lowest BCUT2D eigenvalue weighted by atomic mass is 10.3. The molecule has 0 aliphatic rings. The third-order valence-electron chi connectivity index (χ3n) is 2.56. The van der Waals surface area contributed by atoms with E-state index < -0.39 is 0 Å². The molecule has 21 heavy (non-hydrogen) atoms. The standard InChI is InChI=1S/C14H17N3O4/c1-19-9-12-8-13(17-21-12)14(18)16-10-3-2-4-11(7-10)20-6-5-15/h2-4,7-8H,5-6,9,15H2,1H3,(H,16,18). The first-order valence-corrected chi connectivity index (χ1v) is 6.41.